The second-order valence-corrected chi connectivity index (χ2v) is 4.84. The SMILES string of the molecule is NC1(c2cc(F)c(C(=O)O)c(F)c2)CCCCC1. The molecule has 1 fully saturated rings. The summed E-state index contributed by atoms with van der Waals surface area (Å²) in [6.07, 6.45) is 4.23. The van der Waals surface area contributed by atoms with Gasteiger partial charge in [-0.2, -0.15) is 0 Å². The molecule has 0 bridgehead atoms. The summed E-state index contributed by atoms with van der Waals surface area (Å²) in [5, 5.41) is 8.70. The van der Waals surface area contributed by atoms with E-state index in [4.69, 9.17) is 10.8 Å². The smallest absolute Gasteiger partial charge is 0.341 e. The summed E-state index contributed by atoms with van der Waals surface area (Å²) >= 11 is 0. The molecular formula is C13H15F2NO2. The third kappa shape index (κ3) is 2.22. The Labute approximate surface area is 104 Å². The molecule has 1 aliphatic carbocycles. The zero-order valence-corrected chi connectivity index (χ0v) is 9.88. The number of rotatable bonds is 2. The Morgan fingerprint density at radius 2 is 1.67 bits per heavy atom. The molecule has 1 aromatic rings. The molecule has 2 rings (SSSR count). The largest absolute Gasteiger partial charge is 0.477 e. The maximum atomic E-state index is 13.6. The van der Waals surface area contributed by atoms with E-state index in [9.17, 15) is 13.6 Å². The van der Waals surface area contributed by atoms with Crippen molar-refractivity contribution in [1.29, 1.82) is 0 Å². The van der Waals surface area contributed by atoms with Crippen LogP contribution < -0.4 is 5.73 Å². The standard InChI is InChI=1S/C13H15F2NO2/c14-9-6-8(7-10(15)11(9)12(17)18)13(16)4-2-1-3-5-13/h6-7H,1-5,16H2,(H,17,18). The molecule has 3 N–H and O–H groups in total. The number of carboxylic acids is 1. The van der Waals surface area contributed by atoms with Gasteiger partial charge < -0.3 is 10.8 Å². The van der Waals surface area contributed by atoms with Crippen molar-refractivity contribution in [2.24, 2.45) is 5.73 Å². The maximum absolute atomic E-state index is 13.6. The van der Waals surface area contributed by atoms with E-state index in [1.165, 1.54) is 0 Å². The van der Waals surface area contributed by atoms with Crippen LogP contribution in [-0.2, 0) is 5.54 Å². The average Bonchev–Trinajstić information content (AvgIpc) is 2.28. The van der Waals surface area contributed by atoms with Crippen molar-refractivity contribution < 1.29 is 18.7 Å². The van der Waals surface area contributed by atoms with Gasteiger partial charge in [-0.25, -0.2) is 13.6 Å². The molecule has 1 aromatic carbocycles. The number of halogens is 2. The van der Waals surface area contributed by atoms with E-state index in [1.807, 2.05) is 0 Å². The highest BCUT2D eigenvalue weighted by Gasteiger charge is 2.31. The van der Waals surface area contributed by atoms with Gasteiger partial charge in [0.05, 0.1) is 0 Å². The molecular weight excluding hydrogens is 240 g/mol. The van der Waals surface area contributed by atoms with Gasteiger partial charge in [0.15, 0.2) is 0 Å². The molecule has 0 spiro atoms. The van der Waals surface area contributed by atoms with Crippen LogP contribution in [0.5, 0.6) is 0 Å². The Balaban J connectivity index is 2.44. The number of nitrogens with two attached hydrogens (primary N) is 1. The van der Waals surface area contributed by atoms with Crippen molar-refractivity contribution in [3.8, 4) is 0 Å². The summed E-state index contributed by atoms with van der Waals surface area (Å²) in [4.78, 5) is 10.7. The molecule has 0 saturated heterocycles. The first-order chi connectivity index (χ1) is 8.44. The maximum Gasteiger partial charge on any atom is 0.341 e. The van der Waals surface area contributed by atoms with Gasteiger partial charge in [0.1, 0.15) is 17.2 Å². The fourth-order valence-corrected chi connectivity index (χ4v) is 2.54. The molecule has 0 aliphatic heterocycles. The molecule has 1 aliphatic rings. The van der Waals surface area contributed by atoms with Crippen LogP contribution in [0.4, 0.5) is 8.78 Å². The molecule has 0 radical (unpaired) electrons. The van der Waals surface area contributed by atoms with E-state index >= 15 is 0 Å². The summed E-state index contributed by atoms with van der Waals surface area (Å²) in [7, 11) is 0. The van der Waals surface area contributed by atoms with Crippen molar-refractivity contribution in [3.63, 3.8) is 0 Å². The number of benzene rings is 1. The number of hydrogen-bond donors (Lipinski definition) is 2. The van der Waals surface area contributed by atoms with E-state index < -0.39 is 28.7 Å². The highest BCUT2D eigenvalue weighted by Crippen LogP contribution is 2.35. The summed E-state index contributed by atoms with van der Waals surface area (Å²) in [6.45, 7) is 0. The minimum Gasteiger partial charge on any atom is -0.477 e. The minimum atomic E-state index is -1.61. The molecule has 0 heterocycles. The Kier molecular flexibility index (Phi) is 3.34. The Morgan fingerprint density at radius 3 is 2.11 bits per heavy atom. The molecule has 18 heavy (non-hydrogen) atoms. The van der Waals surface area contributed by atoms with Gasteiger partial charge in [-0.15, -0.1) is 0 Å². The Bertz CT molecular complexity index is 459. The highest BCUT2D eigenvalue weighted by atomic mass is 19.1. The van der Waals surface area contributed by atoms with Crippen LogP contribution >= 0.6 is 0 Å². The van der Waals surface area contributed by atoms with Crippen molar-refractivity contribution in [3.05, 3.63) is 34.9 Å². The summed E-state index contributed by atoms with van der Waals surface area (Å²) in [5.74, 6) is -3.73. The van der Waals surface area contributed by atoms with Crippen LogP contribution in [0.2, 0.25) is 0 Å². The number of carbonyl (C=O) groups is 1. The third-order valence-corrected chi connectivity index (χ3v) is 3.58. The predicted molar refractivity (Wildman–Crippen MR) is 62.3 cm³/mol. The van der Waals surface area contributed by atoms with Gasteiger partial charge >= 0.3 is 5.97 Å². The molecule has 5 heteroatoms. The number of aromatic carboxylic acids is 1. The van der Waals surface area contributed by atoms with Gasteiger partial charge in [0, 0.05) is 5.54 Å². The Morgan fingerprint density at radius 1 is 1.17 bits per heavy atom. The predicted octanol–water partition coefficient (Wildman–Crippen LogP) is 2.78. The van der Waals surface area contributed by atoms with E-state index in [1.54, 1.807) is 0 Å². The Hall–Kier alpha value is -1.49. The zero-order valence-electron chi connectivity index (χ0n) is 9.88. The van der Waals surface area contributed by atoms with Crippen molar-refractivity contribution in [1.82, 2.24) is 0 Å². The van der Waals surface area contributed by atoms with Gasteiger partial charge in [-0.05, 0) is 30.5 Å². The van der Waals surface area contributed by atoms with Crippen molar-refractivity contribution >= 4 is 5.97 Å². The molecule has 98 valence electrons. The lowest BCUT2D eigenvalue weighted by Crippen LogP contribution is -2.39. The first-order valence-corrected chi connectivity index (χ1v) is 5.96. The summed E-state index contributed by atoms with van der Waals surface area (Å²) in [5.41, 5.74) is 4.86. The molecule has 0 amide bonds. The van der Waals surface area contributed by atoms with E-state index in [0.29, 0.717) is 18.4 Å². The lowest BCUT2D eigenvalue weighted by atomic mass is 9.77. The lowest BCUT2D eigenvalue weighted by molar-refractivity contribution is 0.0686. The minimum absolute atomic E-state index is 0.349. The second-order valence-electron chi connectivity index (χ2n) is 4.84. The van der Waals surface area contributed by atoms with E-state index in [0.717, 1.165) is 31.4 Å². The van der Waals surface area contributed by atoms with Crippen LogP contribution in [0.3, 0.4) is 0 Å². The summed E-state index contributed by atoms with van der Waals surface area (Å²) in [6, 6.07) is 2.11. The molecule has 1 saturated carbocycles. The quantitative estimate of drug-likeness (QED) is 0.854. The van der Waals surface area contributed by atoms with Gasteiger partial charge in [0.2, 0.25) is 0 Å². The van der Waals surface area contributed by atoms with Gasteiger partial charge in [0.25, 0.3) is 0 Å². The van der Waals surface area contributed by atoms with Crippen LogP contribution in [0.15, 0.2) is 12.1 Å². The lowest BCUT2D eigenvalue weighted by Gasteiger charge is -2.34. The first-order valence-electron chi connectivity index (χ1n) is 5.96. The molecule has 0 aromatic heterocycles. The topological polar surface area (TPSA) is 63.3 Å². The molecule has 0 atom stereocenters. The van der Waals surface area contributed by atoms with E-state index in [2.05, 4.69) is 0 Å². The van der Waals surface area contributed by atoms with Crippen LogP contribution in [0, 0.1) is 11.6 Å². The monoisotopic (exact) mass is 255 g/mol. The van der Waals surface area contributed by atoms with Gasteiger partial charge in [-0.1, -0.05) is 19.3 Å². The molecule has 3 nitrogen and oxygen atoms in total. The fraction of sp³-hybridized carbons (Fsp3) is 0.462. The normalized spacial score (nSPS) is 18.6. The number of hydrogen-bond acceptors (Lipinski definition) is 2. The van der Waals surface area contributed by atoms with Crippen LogP contribution in [-0.4, -0.2) is 11.1 Å². The average molecular weight is 255 g/mol. The van der Waals surface area contributed by atoms with Crippen molar-refractivity contribution in [2.75, 3.05) is 0 Å². The number of carboxylic acid groups (broad SMARTS) is 1. The van der Waals surface area contributed by atoms with Crippen LogP contribution in [0.25, 0.3) is 0 Å². The molecule has 0 unspecified atom stereocenters. The zero-order chi connectivity index (χ0) is 13.3. The van der Waals surface area contributed by atoms with Gasteiger partial charge in [-0.3, -0.25) is 0 Å². The van der Waals surface area contributed by atoms with Crippen LogP contribution in [0.1, 0.15) is 48.0 Å². The third-order valence-electron chi connectivity index (χ3n) is 3.58. The highest BCUT2D eigenvalue weighted by molar-refractivity contribution is 5.88. The first kappa shape index (κ1) is 13.0. The van der Waals surface area contributed by atoms with E-state index in [-0.39, 0.29) is 0 Å². The van der Waals surface area contributed by atoms with Crippen molar-refractivity contribution in [2.45, 2.75) is 37.6 Å². The summed E-state index contributed by atoms with van der Waals surface area (Å²) < 4.78 is 27.2. The second kappa shape index (κ2) is 4.65. The fourth-order valence-electron chi connectivity index (χ4n) is 2.54.